The average molecular weight is 276 g/mol. The highest BCUT2D eigenvalue weighted by Gasteiger charge is 2.62. The van der Waals surface area contributed by atoms with Gasteiger partial charge in [-0.2, -0.15) is 0 Å². The number of hydrogen-bond donors (Lipinski definition) is 1. The first-order valence-corrected chi connectivity index (χ1v) is 8.06. The number of methoxy groups -OCH3 is 1. The van der Waals surface area contributed by atoms with Crippen molar-refractivity contribution >= 4 is 5.97 Å². The molecule has 0 aromatic carbocycles. The highest BCUT2D eigenvalue weighted by molar-refractivity contribution is 5.73. The Morgan fingerprint density at radius 1 is 1.20 bits per heavy atom. The second-order valence-corrected chi connectivity index (χ2v) is 7.45. The van der Waals surface area contributed by atoms with E-state index in [1.807, 2.05) is 0 Å². The summed E-state index contributed by atoms with van der Waals surface area (Å²) in [6, 6.07) is 0. The molecule has 3 saturated carbocycles. The molecule has 0 aromatic heterocycles. The topological polar surface area (TPSA) is 46.5 Å². The van der Waals surface area contributed by atoms with Crippen molar-refractivity contribution in [2.45, 2.75) is 32.3 Å². The van der Waals surface area contributed by atoms with Crippen molar-refractivity contribution in [1.29, 1.82) is 0 Å². The molecule has 4 rings (SSSR count). The minimum Gasteiger partial charge on any atom is -0.469 e. The van der Waals surface area contributed by atoms with E-state index in [2.05, 4.69) is 12.2 Å². The van der Waals surface area contributed by atoms with Gasteiger partial charge in [0.05, 0.1) is 19.1 Å². The molecule has 0 amide bonds. The molecule has 0 aromatic rings. The first-order chi connectivity index (χ1) is 9.61. The van der Waals surface area contributed by atoms with Gasteiger partial charge in [-0.1, -0.05) is 12.2 Å². The lowest BCUT2D eigenvalue weighted by Gasteiger charge is -2.39. The first kappa shape index (κ1) is 12.9. The van der Waals surface area contributed by atoms with E-state index in [1.165, 1.54) is 20.0 Å². The molecule has 9 atom stereocenters. The Balaban J connectivity index is 1.60. The lowest BCUT2D eigenvalue weighted by Crippen LogP contribution is -2.41. The van der Waals surface area contributed by atoms with Crippen LogP contribution in [0.2, 0.25) is 0 Å². The molecule has 3 fully saturated rings. The van der Waals surface area contributed by atoms with Crippen LogP contribution >= 0.6 is 0 Å². The zero-order chi connectivity index (χ0) is 14.0. The lowest BCUT2D eigenvalue weighted by molar-refractivity contribution is -0.153. The number of carbonyl (C=O) groups is 1. The molecule has 0 spiro atoms. The molecule has 0 aliphatic heterocycles. The Kier molecular flexibility index (Phi) is 2.79. The average Bonchev–Trinajstić information content (AvgIpc) is 3.16. The van der Waals surface area contributed by atoms with E-state index in [0.717, 1.165) is 36.0 Å². The van der Waals surface area contributed by atoms with Crippen LogP contribution in [0, 0.1) is 47.3 Å². The minimum absolute atomic E-state index is 0.215. The summed E-state index contributed by atoms with van der Waals surface area (Å²) in [6.07, 6.45) is 7.99. The first-order valence-electron chi connectivity index (χ1n) is 8.06. The van der Waals surface area contributed by atoms with Gasteiger partial charge in [0.25, 0.3) is 0 Å². The maximum atomic E-state index is 12.1. The summed E-state index contributed by atoms with van der Waals surface area (Å²) in [5.41, 5.74) is 0. The largest absolute Gasteiger partial charge is 0.469 e. The number of fused-ring (bicyclic) bond motifs is 9. The van der Waals surface area contributed by atoms with E-state index in [1.54, 1.807) is 6.92 Å². The summed E-state index contributed by atoms with van der Waals surface area (Å²) in [4.78, 5) is 12.1. The van der Waals surface area contributed by atoms with Crippen LogP contribution in [0.4, 0.5) is 0 Å². The van der Waals surface area contributed by atoms with Gasteiger partial charge < -0.3 is 9.84 Å². The molecular weight excluding hydrogens is 252 g/mol. The summed E-state index contributed by atoms with van der Waals surface area (Å²) in [5.74, 6) is 4.41. The molecule has 4 aliphatic rings. The standard InChI is InChI=1S/C17H24O3/c1-8(18)14(17(19)20-2)12-6-11-7-13(12)16-10-4-3-9(5-10)15(11)16/h3-4,8-16,18H,5-7H2,1-2H3. The van der Waals surface area contributed by atoms with E-state index in [0.29, 0.717) is 11.8 Å². The van der Waals surface area contributed by atoms with Crippen LogP contribution in [-0.2, 0) is 9.53 Å². The van der Waals surface area contributed by atoms with Gasteiger partial charge in [0.1, 0.15) is 0 Å². The van der Waals surface area contributed by atoms with Gasteiger partial charge >= 0.3 is 5.97 Å². The zero-order valence-electron chi connectivity index (χ0n) is 12.2. The van der Waals surface area contributed by atoms with Crippen LogP contribution in [0.25, 0.3) is 0 Å². The number of rotatable bonds is 3. The van der Waals surface area contributed by atoms with Crippen molar-refractivity contribution in [3.63, 3.8) is 0 Å². The second-order valence-electron chi connectivity index (χ2n) is 7.45. The minimum atomic E-state index is -0.598. The van der Waals surface area contributed by atoms with Crippen molar-refractivity contribution in [3.8, 4) is 0 Å². The molecule has 0 heterocycles. The van der Waals surface area contributed by atoms with Gasteiger partial charge in [-0.05, 0) is 67.6 Å². The Morgan fingerprint density at radius 2 is 1.90 bits per heavy atom. The number of ether oxygens (including phenoxy) is 1. The molecule has 3 heteroatoms. The van der Waals surface area contributed by atoms with Crippen LogP contribution in [0.5, 0.6) is 0 Å². The van der Waals surface area contributed by atoms with Gasteiger partial charge in [0, 0.05) is 0 Å². The highest BCUT2D eigenvalue weighted by Crippen LogP contribution is 2.68. The van der Waals surface area contributed by atoms with Gasteiger partial charge in [-0.15, -0.1) is 0 Å². The number of allylic oxidation sites excluding steroid dienone is 2. The fourth-order valence-corrected chi connectivity index (χ4v) is 6.35. The third kappa shape index (κ3) is 1.53. The van der Waals surface area contributed by atoms with Crippen molar-refractivity contribution in [2.75, 3.05) is 7.11 Å². The Hall–Kier alpha value is -0.830. The zero-order valence-corrected chi connectivity index (χ0v) is 12.2. The van der Waals surface area contributed by atoms with Gasteiger partial charge in [-0.3, -0.25) is 4.79 Å². The van der Waals surface area contributed by atoms with E-state index in [9.17, 15) is 9.90 Å². The van der Waals surface area contributed by atoms with Crippen LogP contribution in [0.15, 0.2) is 12.2 Å². The maximum Gasteiger partial charge on any atom is 0.311 e. The van der Waals surface area contributed by atoms with Crippen molar-refractivity contribution in [2.24, 2.45) is 47.3 Å². The molecule has 1 N–H and O–H groups in total. The van der Waals surface area contributed by atoms with Gasteiger partial charge in [0.2, 0.25) is 0 Å². The number of aliphatic hydroxyl groups excluding tert-OH is 1. The van der Waals surface area contributed by atoms with Crippen molar-refractivity contribution in [3.05, 3.63) is 12.2 Å². The quantitative estimate of drug-likeness (QED) is 0.488. The van der Waals surface area contributed by atoms with E-state index >= 15 is 0 Å². The van der Waals surface area contributed by atoms with Gasteiger partial charge in [0.15, 0.2) is 0 Å². The highest BCUT2D eigenvalue weighted by atomic mass is 16.5. The maximum absolute atomic E-state index is 12.1. The summed E-state index contributed by atoms with van der Waals surface area (Å²) >= 11 is 0. The van der Waals surface area contributed by atoms with Crippen molar-refractivity contribution in [1.82, 2.24) is 0 Å². The summed E-state index contributed by atoms with van der Waals surface area (Å²) in [7, 11) is 1.44. The summed E-state index contributed by atoms with van der Waals surface area (Å²) in [6.45, 7) is 1.74. The van der Waals surface area contributed by atoms with Crippen LogP contribution in [0.1, 0.15) is 26.2 Å². The summed E-state index contributed by atoms with van der Waals surface area (Å²) in [5, 5.41) is 10.1. The van der Waals surface area contributed by atoms with Gasteiger partial charge in [-0.25, -0.2) is 0 Å². The van der Waals surface area contributed by atoms with Crippen molar-refractivity contribution < 1.29 is 14.6 Å². The summed E-state index contributed by atoms with van der Waals surface area (Å²) < 4.78 is 4.95. The fraction of sp³-hybridized carbons (Fsp3) is 0.824. The molecule has 9 unspecified atom stereocenters. The lowest BCUT2D eigenvalue weighted by atomic mass is 9.65. The number of aliphatic hydroxyl groups is 1. The third-order valence-electron chi connectivity index (χ3n) is 6.78. The number of hydrogen-bond acceptors (Lipinski definition) is 3. The molecule has 0 radical (unpaired) electrons. The van der Waals surface area contributed by atoms with Crippen LogP contribution < -0.4 is 0 Å². The Morgan fingerprint density at radius 3 is 2.55 bits per heavy atom. The molecular formula is C17H24O3. The van der Waals surface area contributed by atoms with Crippen LogP contribution in [-0.4, -0.2) is 24.3 Å². The predicted octanol–water partition coefficient (Wildman–Crippen LogP) is 2.25. The number of esters is 1. The molecule has 20 heavy (non-hydrogen) atoms. The molecule has 4 bridgehead atoms. The fourth-order valence-electron chi connectivity index (χ4n) is 6.35. The molecule has 0 saturated heterocycles. The Labute approximate surface area is 120 Å². The SMILES string of the molecule is COC(=O)C(C(C)O)C1CC2CC1C1C3C=CC(C3)C21. The molecule has 4 aliphatic carbocycles. The van der Waals surface area contributed by atoms with E-state index in [-0.39, 0.29) is 11.9 Å². The smallest absolute Gasteiger partial charge is 0.311 e. The second kappa shape index (κ2) is 4.33. The third-order valence-corrected chi connectivity index (χ3v) is 6.78. The van der Waals surface area contributed by atoms with E-state index < -0.39 is 6.10 Å². The van der Waals surface area contributed by atoms with Crippen LogP contribution in [0.3, 0.4) is 0 Å². The molecule has 110 valence electrons. The Bertz CT molecular complexity index is 455. The normalized spacial score (nSPS) is 50.2. The number of carbonyl (C=O) groups excluding carboxylic acids is 1. The molecule has 3 nitrogen and oxygen atoms in total. The monoisotopic (exact) mass is 276 g/mol. The predicted molar refractivity (Wildman–Crippen MR) is 74.6 cm³/mol. The van der Waals surface area contributed by atoms with E-state index in [4.69, 9.17) is 4.74 Å².